The van der Waals surface area contributed by atoms with Crippen LogP contribution in [0.5, 0.6) is 5.75 Å². The Kier molecular flexibility index (Phi) is 6.31. The molecular weight excluding hydrogens is 408 g/mol. The molecule has 1 atom stereocenters. The molecule has 1 heterocycles. The maximum absolute atomic E-state index is 12.8. The van der Waals surface area contributed by atoms with Crippen molar-refractivity contribution in [3.05, 3.63) is 53.6 Å². The molecular formula is C21H24N2O6S. The zero-order valence-corrected chi connectivity index (χ0v) is 17.9. The average molecular weight is 432 g/mol. The Morgan fingerprint density at radius 3 is 2.53 bits per heavy atom. The summed E-state index contributed by atoms with van der Waals surface area (Å²) in [5.41, 5.74) is 2.18. The van der Waals surface area contributed by atoms with Gasteiger partial charge in [-0.3, -0.25) is 9.10 Å². The number of nitrogens with one attached hydrogen (secondary N) is 1. The van der Waals surface area contributed by atoms with Gasteiger partial charge in [-0.1, -0.05) is 6.07 Å². The molecule has 0 bridgehead atoms. The van der Waals surface area contributed by atoms with Gasteiger partial charge in [0.2, 0.25) is 10.0 Å². The van der Waals surface area contributed by atoms with Crippen molar-refractivity contribution in [2.75, 3.05) is 29.0 Å². The van der Waals surface area contributed by atoms with Crippen LogP contribution in [0, 0.1) is 6.92 Å². The number of carbonyl (C=O) groups excluding carboxylic acids is 2. The zero-order chi connectivity index (χ0) is 21.9. The fraction of sp³-hybridized carbons (Fsp3) is 0.333. The number of benzene rings is 2. The van der Waals surface area contributed by atoms with Gasteiger partial charge in [0.05, 0.1) is 24.1 Å². The molecule has 9 heteroatoms. The van der Waals surface area contributed by atoms with Crippen molar-refractivity contribution in [3.63, 3.8) is 0 Å². The predicted octanol–water partition coefficient (Wildman–Crippen LogP) is 2.73. The van der Waals surface area contributed by atoms with Gasteiger partial charge < -0.3 is 14.8 Å². The molecule has 160 valence electrons. The van der Waals surface area contributed by atoms with Crippen LogP contribution in [0.2, 0.25) is 0 Å². The first kappa shape index (κ1) is 21.6. The van der Waals surface area contributed by atoms with Gasteiger partial charge >= 0.3 is 5.97 Å². The Morgan fingerprint density at radius 2 is 1.90 bits per heavy atom. The minimum atomic E-state index is -3.53. The summed E-state index contributed by atoms with van der Waals surface area (Å²) < 4.78 is 36.6. The Labute approximate surface area is 175 Å². The van der Waals surface area contributed by atoms with Crippen molar-refractivity contribution in [1.82, 2.24) is 0 Å². The summed E-state index contributed by atoms with van der Waals surface area (Å²) in [5, 5.41) is 2.75. The Hall–Kier alpha value is -3.07. The van der Waals surface area contributed by atoms with Crippen LogP contribution >= 0.6 is 0 Å². The van der Waals surface area contributed by atoms with Crippen LogP contribution in [0.4, 0.5) is 11.4 Å². The lowest BCUT2D eigenvalue weighted by Gasteiger charge is -2.21. The first-order chi connectivity index (χ1) is 14.2. The number of amides is 1. The second-order valence-electron chi connectivity index (χ2n) is 6.99. The Morgan fingerprint density at radius 1 is 1.20 bits per heavy atom. The minimum Gasteiger partial charge on any atom is -0.478 e. The van der Waals surface area contributed by atoms with Gasteiger partial charge in [0.15, 0.2) is 6.10 Å². The molecule has 0 unspecified atom stereocenters. The number of rotatable bonds is 5. The van der Waals surface area contributed by atoms with Crippen LogP contribution < -0.4 is 14.4 Å². The quantitative estimate of drug-likeness (QED) is 0.729. The Balaban J connectivity index is 1.77. The van der Waals surface area contributed by atoms with Gasteiger partial charge in [0.25, 0.3) is 5.91 Å². The first-order valence-electron chi connectivity index (χ1n) is 9.52. The molecule has 30 heavy (non-hydrogen) atoms. The third-order valence-electron chi connectivity index (χ3n) is 4.60. The molecule has 0 fully saturated rings. The highest BCUT2D eigenvalue weighted by Crippen LogP contribution is 2.35. The number of nitrogens with zero attached hydrogens (tertiary/aromatic N) is 1. The van der Waals surface area contributed by atoms with Gasteiger partial charge in [0.1, 0.15) is 5.75 Å². The van der Waals surface area contributed by atoms with E-state index in [0.717, 1.165) is 11.8 Å². The number of anilines is 2. The summed E-state index contributed by atoms with van der Waals surface area (Å²) in [7, 11) is -3.53. The molecule has 0 aromatic heterocycles. The van der Waals surface area contributed by atoms with Crippen molar-refractivity contribution in [2.45, 2.75) is 26.4 Å². The standard InChI is InChI=1S/C21H24N2O6S/c1-4-28-21(25)15-6-8-16(9-7-15)22-20(24)19-11-12-23(30(3,26)27)17-13-14(2)5-10-18(17)29-19/h5-10,13,19H,4,11-12H2,1-3H3,(H,22,24)/t19-/m1/s1. The van der Waals surface area contributed by atoms with E-state index in [1.807, 2.05) is 6.92 Å². The van der Waals surface area contributed by atoms with Gasteiger partial charge in [-0.15, -0.1) is 0 Å². The highest BCUT2D eigenvalue weighted by atomic mass is 32.2. The fourth-order valence-electron chi connectivity index (χ4n) is 3.15. The second-order valence-corrected chi connectivity index (χ2v) is 8.90. The molecule has 3 rings (SSSR count). The largest absolute Gasteiger partial charge is 0.478 e. The van der Waals surface area contributed by atoms with E-state index < -0.39 is 28.0 Å². The molecule has 0 saturated heterocycles. The lowest BCUT2D eigenvalue weighted by atomic mass is 10.2. The summed E-state index contributed by atoms with van der Waals surface area (Å²) in [6.45, 7) is 3.98. The number of carbonyl (C=O) groups is 2. The monoisotopic (exact) mass is 432 g/mol. The van der Waals surface area contributed by atoms with Gasteiger partial charge in [0, 0.05) is 18.7 Å². The van der Waals surface area contributed by atoms with Crippen LogP contribution in [-0.4, -0.2) is 45.8 Å². The maximum Gasteiger partial charge on any atom is 0.338 e. The molecule has 0 spiro atoms. The van der Waals surface area contributed by atoms with E-state index in [1.165, 1.54) is 4.31 Å². The van der Waals surface area contributed by atoms with Crippen LogP contribution in [0.1, 0.15) is 29.3 Å². The van der Waals surface area contributed by atoms with E-state index in [0.29, 0.717) is 22.7 Å². The number of hydrogen-bond acceptors (Lipinski definition) is 6. The molecule has 1 N–H and O–H groups in total. The predicted molar refractivity (Wildman–Crippen MR) is 113 cm³/mol. The third kappa shape index (κ3) is 4.91. The summed E-state index contributed by atoms with van der Waals surface area (Å²) in [4.78, 5) is 24.5. The van der Waals surface area contributed by atoms with E-state index in [2.05, 4.69) is 5.32 Å². The summed E-state index contributed by atoms with van der Waals surface area (Å²) >= 11 is 0. The molecule has 8 nitrogen and oxygen atoms in total. The molecule has 1 aliphatic heterocycles. The van der Waals surface area contributed by atoms with Gasteiger partial charge in [-0.05, 0) is 55.8 Å². The van der Waals surface area contributed by atoms with E-state index in [9.17, 15) is 18.0 Å². The highest BCUT2D eigenvalue weighted by Gasteiger charge is 2.31. The van der Waals surface area contributed by atoms with E-state index in [4.69, 9.17) is 9.47 Å². The average Bonchev–Trinajstić information content (AvgIpc) is 2.88. The molecule has 0 aliphatic carbocycles. The van der Waals surface area contributed by atoms with E-state index >= 15 is 0 Å². The molecule has 2 aromatic carbocycles. The first-order valence-corrected chi connectivity index (χ1v) is 11.4. The summed E-state index contributed by atoms with van der Waals surface area (Å²) in [6, 6.07) is 11.5. The number of hydrogen-bond donors (Lipinski definition) is 1. The lowest BCUT2D eigenvalue weighted by molar-refractivity contribution is -0.122. The number of ether oxygens (including phenoxy) is 2. The second kappa shape index (κ2) is 8.74. The van der Waals surface area contributed by atoms with Crippen molar-refractivity contribution in [3.8, 4) is 5.75 Å². The SMILES string of the molecule is CCOC(=O)c1ccc(NC(=O)[C@H]2CCN(S(C)(=O)=O)c3cc(C)ccc3O2)cc1. The Bertz CT molecular complexity index is 1050. The molecule has 1 amide bonds. The van der Waals surface area contributed by atoms with Gasteiger partial charge in [-0.25, -0.2) is 13.2 Å². The van der Waals surface area contributed by atoms with Crippen LogP contribution in [0.3, 0.4) is 0 Å². The van der Waals surface area contributed by atoms with Crippen molar-refractivity contribution in [2.24, 2.45) is 0 Å². The van der Waals surface area contributed by atoms with Gasteiger partial charge in [-0.2, -0.15) is 0 Å². The number of fused-ring (bicyclic) bond motifs is 1. The lowest BCUT2D eigenvalue weighted by Crippen LogP contribution is -2.36. The fourth-order valence-corrected chi connectivity index (χ4v) is 4.08. The topological polar surface area (TPSA) is 102 Å². The van der Waals surface area contributed by atoms with Crippen molar-refractivity contribution >= 4 is 33.3 Å². The molecule has 2 aromatic rings. The summed E-state index contributed by atoms with van der Waals surface area (Å²) in [6.07, 6.45) is 0.445. The third-order valence-corrected chi connectivity index (χ3v) is 5.78. The minimum absolute atomic E-state index is 0.120. The number of sulfonamides is 1. The normalized spacial score (nSPS) is 16.1. The highest BCUT2D eigenvalue weighted by molar-refractivity contribution is 7.92. The van der Waals surface area contributed by atoms with Crippen LogP contribution in [0.25, 0.3) is 0 Å². The number of esters is 1. The molecule has 0 radical (unpaired) electrons. The van der Waals surface area contributed by atoms with E-state index in [1.54, 1.807) is 49.4 Å². The van der Waals surface area contributed by atoms with Crippen LogP contribution in [0.15, 0.2) is 42.5 Å². The van der Waals surface area contributed by atoms with E-state index in [-0.39, 0.29) is 19.6 Å². The maximum atomic E-state index is 12.8. The smallest absolute Gasteiger partial charge is 0.338 e. The zero-order valence-electron chi connectivity index (χ0n) is 17.0. The molecule has 1 aliphatic rings. The van der Waals surface area contributed by atoms with Crippen molar-refractivity contribution < 1.29 is 27.5 Å². The molecule has 0 saturated carbocycles. The van der Waals surface area contributed by atoms with Crippen molar-refractivity contribution in [1.29, 1.82) is 0 Å². The summed E-state index contributed by atoms with van der Waals surface area (Å²) in [5.74, 6) is -0.502. The van der Waals surface area contributed by atoms with Crippen LogP contribution in [-0.2, 0) is 19.6 Å². The number of aryl methyl sites for hydroxylation is 1.